The van der Waals surface area contributed by atoms with E-state index in [0.717, 1.165) is 36.0 Å². The highest BCUT2D eigenvalue weighted by atomic mass is 16.5. The van der Waals surface area contributed by atoms with Gasteiger partial charge in [0.2, 0.25) is 0 Å². The molecule has 106 valence electrons. The molecule has 0 amide bonds. The van der Waals surface area contributed by atoms with Crippen molar-refractivity contribution in [3.05, 3.63) is 36.3 Å². The number of nitrogens with zero attached hydrogens (tertiary/aromatic N) is 2. The van der Waals surface area contributed by atoms with Crippen molar-refractivity contribution >= 4 is 0 Å². The maximum Gasteiger partial charge on any atom is 0.126 e. The fraction of sp³-hybridized carbons (Fsp3) is 0.400. The number of nitrogens with one attached hydrogen (secondary N) is 1. The number of ether oxygens (including phenoxy) is 2. The zero-order valence-electron chi connectivity index (χ0n) is 11.8. The van der Waals surface area contributed by atoms with Crippen LogP contribution in [0.3, 0.4) is 0 Å². The topological polar surface area (TPSA) is 50.4 Å². The molecule has 1 atom stereocenters. The first kappa shape index (κ1) is 13.1. The van der Waals surface area contributed by atoms with Crippen molar-refractivity contribution in [3.63, 3.8) is 0 Å². The lowest BCUT2D eigenvalue weighted by molar-refractivity contribution is 0.00215. The third-order valence-corrected chi connectivity index (χ3v) is 3.71. The monoisotopic (exact) mass is 273 g/mol. The molecular weight excluding hydrogens is 254 g/mol. The number of hydrogen-bond acceptors (Lipinski definition) is 4. The van der Waals surface area contributed by atoms with Crippen LogP contribution in [0.15, 0.2) is 30.5 Å². The average Bonchev–Trinajstić information content (AvgIpc) is 2.97. The van der Waals surface area contributed by atoms with Gasteiger partial charge >= 0.3 is 0 Å². The van der Waals surface area contributed by atoms with Crippen LogP contribution in [0.2, 0.25) is 0 Å². The van der Waals surface area contributed by atoms with E-state index >= 15 is 0 Å². The smallest absolute Gasteiger partial charge is 0.126 e. The van der Waals surface area contributed by atoms with E-state index < -0.39 is 0 Å². The van der Waals surface area contributed by atoms with Crippen molar-refractivity contribution in [2.75, 3.05) is 33.9 Å². The molecular formula is C15H19N3O2. The second-order valence-corrected chi connectivity index (χ2v) is 4.98. The Bertz CT molecular complexity index is 565. The van der Waals surface area contributed by atoms with Crippen LogP contribution in [0.25, 0.3) is 11.3 Å². The van der Waals surface area contributed by atoms with Gasteiger partial charge < -0.3 is 14.5 Å². The first-order valence-corrected chi connectivity index (χ1v) is 6.75. The lowest BCUT2D eigenvalue weighted by Crippen LogP contribution is -2.37. The Labute approximate surface area is 118 Å². The second-order valence-electron chi connectivity index (χ2n) is 4.98. The van der Waals surface area contributed by atoms with Crippen LogP contribution < -0.4 is 4.74 Å². The van der Waals surface area contributed by atoms with Gasteiger partial charge in [-0.1, -0.05) is 0 Å². The standard InChI is InChI=1S/C15H19N3O2/c1-18-7-8-20-10-14(18)15-16-9-13(17-15)11-3-5-12(19-2)6-4-11/h3-6,9,14H,7-8,10H2,1-2H3,(H,16,17)/t14-/m0/s1. The molecule has 20 heavy (non-hydrogen) atoms. The minimum atomic E-state index is 0.204. The molecule has 1 aromatic carbocycles. The molecule has 2 aromatic rings. The number of likely N-dealkylation sites (N-methyl/N-ethyl adjacent to an activating group) is 1. The Balaban J connectivity index is 1.81. The SMILES string of the molecule is COc1ccc(-c2cnc([C@@H]3COCCN3C)[nH]2)cc1. The molecule has 0 radical (unpaired) electrons. The third kappa shape index (κ3) is 2.55. The molecule has 0 aliphatic carbocycles. The minimum absolute atomic E-state index is 0.204. The molecule has 1 aromatic heterocycles. The largest absolute Gasteiger partial charge is 0.497 e. The van der Waals surface area contributed by atoms with E-state index in [0.29, 0.717) is 6.61 Å². The van der Waals surface area contributed by atoms with E-state index in [4.69, 9.17) is 9.47 Å². The summed E-state index contributed by atoms with van der Waals surface area (Å²) >= 11 is 0. The molecule has 0 unspecified atom stereocenters. The number of morpholine rings is 1. The lowest BCUT2D eigenvalue weighted by Gasteiger charge is -2.30. The van der Waals surface area contributed by atoms with Crippen molar-refractivity contribution < 1.29 is 9.47 Å². The number of aromatic amines is 1. The summed E-state index contributed by atoms with van der Waals surface area (Å²) in [5.74, 6) is 1.81. The predicted molar refractivity (Wildman–Crippen MR) is 76.8 cm³/mol. The van der Waals surface area contributed by atoms with E-state index in [-0.39, 0.29) is 6.04 Å². The van der Waals surface area contributed by atoms with Gasteiger partial charge in [0.25, 0.3) is 0 Å². The maximum atomic E-state index is 5.53. The summed E-state index contributed by atoms with van der Waals surface area (Å²) in [6.07, 6.45) is 1.87. The molecule has 1 N–H and O–H groups in total. The normalized spacial score (nSPS) is 20.0. The van der Waals surface area contributed by atoms with Crippen molar-refractivity contribution in [1.29, 1.82) is 0 Å². The van der Waals surface area contributed by atoms with Crippen molar-refractivity contribution in [3.8, 4) is 17.0 Å². The summed E-state index contributed by atoms with van der Waals surface area (Å²) in [5, 5.41) is 0. The predicted octanol–water partition coefficient (Wildman–Crippen LogP) is 2.09. The van der Waals surface area contributed by atoms with Gasteiger partial charge in [0.15, 0.2) is 0 Å². The summed E-state index contributed by atoms with van der Waals surface area (Å²) < 4.78 is 10.7. The highest BCUT2D eigenvalue weighted by molar-refractivity contribution is 5.59. The van der Waals surface area contributed by atoms with Gasteiger partial charge in [-0.05, 0) is 36.9 Å². The summed E-state index contributed by atoms with van der Waals surface area (Å²) in [7, 11) is 3.77. The average molecular weight is 273 g/mol. The Hall–Kier alpha value is -1.85. The Morgan fingerprint density at radius 1 is 1.35 bits per heavy atom. The summed E-state index contributed by atoms with van der Waals surface area (Å²) in [6, 6.07) is 8.15. The first-order valence-electron chi connectivity index (χ1n) is 6.75. The van der Waals surface area contributed by atoms with Gasteiger partial charge in [-0.3, -0.25) is 4.90 Å². The molecule has 1 fully saturated rings. The van der Waals surface area contributed by atoms with Crippen molar-refractivity contribution in [1.82, 2.24) is 14.9 Å². The van der Waals surface area contributed by atoms with Crippen LogP contribution in [0.4, 0.5) is 0 Å². The Morgan fingerprint density at radius 2 is 2.15 bits per heavy atom. The number of H-pyrrole nitrogens is 1. The highest BCUT2D eigenvalue weighted by Gasteiger charge is 2.23. The molecule has 5 nitrogen and oxygen atoms in total. The maximum absolute atomic E-state index is 5.53. The number of methoxy groups -OCH3 is 1. The molecule has 1 aliphatic rings. The quantitative estimate of drug-likeness (QED) is 0.930. The Kier molecular flexibility index (Phi) is 3.71. The van der Waals surface area contributed by atoms with Gasteiger partial charge in [0.05, 0.1) is 38.3 Å². The van der Waals surface area contributed by atoms with Crippen LogP contribution in [0.1, 0.15) is 11.9 Å². The third-order valence-electron chi connectivity index (χ3n) is 3.71. The van der Waals surface area contributed by atoms with Crippen molar-refractivity contribution in [2.45, 2.75) is 6.04 Å². The zero-order valence-corrected chi connectivity index (χ0v) is 11.8. The summed E-state index contributed by atoms with van der Waals surface area (Å²) in [5.41, 5.74) is 2.12. The Morgan fingerprint density at radius 3 is 2.85 bits per heavy atom. The molecule has 5 heteroatoms. The lowest BCUT2D eigenvalue weighted by atomic mass is 10.1. The van der Waals surface area contributed by atoms with Crippen LogP contribution in [-0.4, -0.2) is 48.8 Å². The molecule has 0 saturated carbocycles. The van der Waals surface area contributed by atoms with E-state index in [1.807, 2.05) is 30.5 Å². The highest BCUT2D eigenvalue weighted by Crippen LogP contribution is 2.25. The molecule has 2 heterocycles. The molecule has 1 aliphatic heterocycles. The molecule has 1 saturated heterocycles. The summed E-state index contributed by atoms with van der Waals surface area (Å²) in [4.78, 5) is 10.2. The number of benzene rings is 1. The minimum Gasteiger partial charge on any atom is -0.497 e. The molecule has 3 rings (SSSR count). The van der Waals surface area contributed by atoms with E-state index in [1.165, 1.54) is 0 Å². The summed E-state index contributed by atoms with van der Waals surface area (Å²) in [6.45, 7) is 2.41. The van der Waals surface area contributed by atoms with Gasteiger partial charge in [-0.25, -0.2) is 4.98 Å². The molecule has 0 bridgehead atoms. The van der Waals surface area contributed by atoms with Crippen LogP contribution in [-0.2, 0) is 4.74 Å². The first-order chi connectivity index (χ1) is 9.78. The van der Waals surface area contributed by atoms with Gasteiger partial charge in [-0.15, -0.1) is 0 Å². The fourth-order valence-corrected chi connectivity index (χ4v) is 2.40. The number of rotatable bonds is 3. The van der Waals surface area contributed by atoms with Crippen LogP contribution in [0, 0.1) is 0 Å². The van der Waals surface area contributed by atoms with Crippen molar-refractivity contribution in [2.24, 2.45) is 0 Å². The van der Waals surface area contributed by atoms with Gasteiger partial charge in [0, 0.05) is 6.54 Å². The number of imidazole rings is 1. The number of hydrogen-bond donors (Lipinski definition) is 1. The van der Waals surface area contributed by atoms with E-state index in [9.17, 15) is 0 Å². The second kappa shape index (κ2) is 5.64. The molecule has 0 spiro atoms. The fourth-order valence-electron chi connectivity index (χ4n) is 2.40. The van der Waals surface area contributed by atoms with E-state index in [1.54, 1.807) is 7.11 Å². The zero-order chi connectivity index (χ0) is 13.9. The van der Waals surface area contributed by atoms with Crippen LogP contribution >= 0.6 is 0 Å². The van der Waals surface area contributed by atoms with E-state index in [2.05, 4.69) is 21.9 Å². The van der Waals surface area contributed by atoms with Gasteiger partial charge in [-0.2, -0.15) is 0 Å². The van der Waals surface area contributed by atoms with Gasteiger partial charge in [0.1, 0.15) is 11.6 Å². The van der Waals surface area contributed by atoms with Crippen LogP contribution in [0.5, 0.6) is 5.75 Å². The number of aromatic nitrogens is 2.